The molecule has 0 unspecified atom stereocenters. The molecule has 1 rings (SSSR count). The molecule has 184 valence electrons. The van der Waals surface area contributed by atoms with Gasteiger partial charge in [-0.15, -0.1) is 0 Å². The van der Waals surface area contributed by atoms with Gasteiger partial charge in [-0.05, 0) is 32.1 Å². The summed E-state index contributed by atoms with van der Waals surface area (Å²) in [5.74, 6) is 0. The summed E-state index contributed by atoms with van der Waals surface area (Å²) in [5, 5.41) is 28.6. The lowest BCUT2D eigenvalue weighted by Gasteiger charge is -2.20. The van der Waals surface area contributed by atoms with Crippen molar-refractivity contribution in [1.82, 2.24) is 0 Å². The summed E-state index contributed by atoms with van der Waals surface area (Å²) in [7, 11) is 0. The SMILES string of the molecule is CCCCCCCCC/C=C/CCCCCCCCCO[C@H]1CO[C@@H]([C@H](O)CO)[C@H]1O. The molecule has 1 saturated heterocycles. The fraction of sp³-hybridized carbons (Fsp3) is 0.923. The zero-order valence-electron chi connectivity index (χ0n) is 20.1. The standard InChI is InChI=1S/C26H50O5/c1-2-3-4-5-6-7-8-9-10-11-12-13-14-15-16-17-18-19-20-30-24-22-31-26(25(24)29)23(28)21-27/h10-11,23-29H,2-9,12-22H2,1H3/b11-10+/t23-,24+,25+,26+/m1/s1. The maximum absolute atomic E-state index is 10.1. The molecule has 1 heterocycles. The molecule has 1 aliphatic heterocycles. The first-order chi connectivity index (χ1) is 15.2. The van der Waals surface area contributed by atoms with Gasteiger partial charge in [-0.2, -0.15) is 0 Å². The van der Waals surface area contributed by atoms with E-state index in [9.17, 15) is 10.2 Å². The molecule has 0 saturated carbocycles. The number of unbranched alkanes of at least 4 members (excludes halogenated alkanes) is 14. The van der Waals surface area contributed by atoms with E-state index in [4.69, 9.17) is 14.6 Å². The normalized spacial score (nSPS) is 22.5. The minimum absolute atomic E-state index is 0.274. The van der Waals surface area contributed by atoms with E-state index in [1.54, 1.807) is 0 Å². The first-order valence-electron chi connectivity index (χ1n) is 13.1. The lowest BCUT2D eigenvalue weighted by molar-refractivity contribution is -0.0730. The van der Waals surface area contributed by atoms with Crippen LogP contribution in [0.4, 0.5) is 0 Å². The Hall–Kier alpha value is -0.460. The molecule has 1 fully saturated rings. The summed E-state index contributed by atoms with van der Waals surface area (Å²) >= 11 is 0. The maximum Gasteiger partial charge on any atom is 0.114 e. The lowest BCUT2D eigenvalue weighted by Crippen LogP contribution is -2.41. The first-order valence-corrected chi connectivity index (χ1v) is 13.1. The molecule has 5 nitrogen and oxygen atoms in total. The topological polar surface area (TPSA) is 79.2 Å². The van der Waals surface area contributed by atoms with Crippen molar-refractivity contribution in [2.75, 3.05) is 19.8 Å². The molecule has 31 heavy (non-hydrogen) atoms. The van der Waals surface area contributed by atoms with Gasteiger partial charge in [0, 0.05) is 6.61 Å². The molecule has 0 amide bonds. The summed E-state index contributed by atoms with van der Waals surface area (Å²) in [4.78, 5) is 0. The maximum atomic E-state index is 10.1. The highest BCUT2D eigenvalue weighted by atomic mass is 16.6. The van der Waals surface area contributed by atoms with Crippen molar-refractivity contribution < 1.29 is 24.8 Å². The number of allylic oxidation sites excluding steroid dienone is 2. The zero-order valence-corrected chi connectivity index (χ0v) is 20.1. The van der Waals surface area contributed by atoms with E-state index in [1.165, 1.54) is 89.9 Å². The Balaban J connectivity index is 1.80. The van der Waals surface area contributed by atoms with Gasteiger partial charge in [-0.1, -0.05) is 89.7 Å². The number of rotatable bonds is 21. The lowest BCUT2D eigenvalue weighted by atomic mass is 10.1. The van der Waals surface area contributed by atoms with Crippen molar-refractivity contribution in [3.63, 3.8) is 0 Å². The minimum Gasteiger partial charge on any atom is -0.394 e. The van der Waals surface area contributed by atoms with Crippen LogP contribution in [0.1, 0.15) is 110 Å². The average Bonchev–Trinajstić information content (AvgIpc) is 3.15. The molecule has 0 aliphatic carbocycles. The Morgan fingerprint density at radius 1 is 0.839 bits per heavy atom. The van der Waals surface area contributed by atoms with E-state index < -0.39 is 31.0 Å². The minimum atomic E-state index is -1.05. The predicted octanol–water partition coefficient (Wildman–Crippen LogP) is 5.30. The molecule has 4 atom stereocenters. The summed E-state index contributed by atoms with van der Waals surface area (Å²) in [6, 6.07) is 0. The van der Waals surface area contributed by atoms with Gasteiger partial charge in [0.25, 0.3) is 0 Å². The van der Waals surface area contributed by atoms with Crippen LogP contribution in [-0.4, -0.2) is 59.6 Å². The molecule has 5 heteroatoms. The number of ether oxygens (including phenoxy) is 2. The average molecular weight is 443 g/mol. The summed E-state index contributed by atoms with van der Waals surface area (Å²) in [5.41, 5.74) is 0. The second-order valence-electron chi connectivity index (χ2n) is 9.09. The third-order valence-electron chi connectivity index (χ3n) is 6.22. The molecule has 0 spiro atoms. The van der Waals surface area contributed by atoms with Crippen LogP contribution in [0.2, 0.25) is 0 Å². The van der Waals surface area contributed by atoms with Crippen molar-refractivity contribution in [2.45, 2.75) is 134 Å². The van der Waals surface area contributed by atoms with E-state index in [0.717, 1.165) is 12.8 Å². The highest BCUT2D eigenvalue weighted by Gasteiger charge is 2.40. The molecular formula is C26H50O5. The Morgan fingerprint density at radius 3 is 1.90 bits per heavy atom. The van der Waals surface area contributed by atoms with Crippen LogP contribution in [0.5, 0.6) is 0 Å². The van der Waals surface area contributed by atoms with Crippen LogP contribution in [0.15, 0.2) is 12.2 Å². The summed E-state index contributed by atoms with van der Waals surface area (Å²) in [6.45, 7) is 2.74. The van der Waals surface area contributed by atoms with Gasteiger partial charge in [-0.3, -0.25) is 0 Å². The van der Waals surface area contributed by atoms with E-state index in [2.05, 4.69) is 19.1 Å². The quantitative estimate of drug-likeness (QED) is 0.166. The first kappa shape index (κ1) is 28.6. The fourth-order valence-electron chi connectivity index (χ4n) is 4.14. The molecule has 0 bridgehead atoms. The van der Waals surface area contributed by atoms with Crippen LogP contribution >= 0.6 is 0 Å². The van der Waals surface area contributed by atoms with E-state index >= 15 is 0 Å². The Bertz CT molecular complexity index is 415. The van der Waals surface area contributed by atoms with Crippen molar-refractivity contribution in [1.29, 1.82) is 0 Å². The highest BCUT2D eigenvalue weighted by Crippen LogP contribution is 2.20. The molecule has 0 radical (unpaired) electrons. The smallest absolute Gasteiger partial charge is 0.114 e. The van der Waals surface area contributed by atoms with E-state index in [0.29, 0.717) is 6.61 Å². The van der Waals surface area contributed by atoms with Crippen LogP contribution in [0, 0.1) is 0 Å². The number of aliphatic hydroxyl groups is 3. The third kappa shape index (κ3) is 14.3. The molecule has 0 aromatic carbocycles. The van der Waals surface area contributed by atoms with Gasteiger partial charge in [-0.25, -0.2) is 0 Å². The molecular weight excluding hydrogens is 392 g/mol. The van der Waals surface area contributed by atoms with Gasteiger partial charge >= 0.3 is 0 Å². The van der Waals surface area contributed by atoms with Crippen LogP contribution < -0.4 is 0 Å². The van der Waals surface area contributed by atoms with Gasteiger partial charge in [0.05, 0.1) is 13.2 Å². The van der Waals surface area contributed by atoms with E-state index in [-0.39, 0.29) is 6.61 Å². The van der Waals surface area contributed by atoms with Crippen LogP contribution in [-0.2, 0) is 9.47 Å². The van der Waals surface area contributed by atoms with Crippen LogP contribution in [0.25, 0.3) is 0 Å². The second-order valence-corrected chi connectivity index (χ2v) is 9.09. The zero-order chi connectivity index (χ0) is 22.6. The Kier molecular flexibility index (Phi) is 18.6. The van der Waals surface area contributed by atoms with Gasteiger partial charge in [0.1, 0.15) is 24.4 Å². The van der Waals surface area contributed by atoms with Crippen molar-refractivity contribution in [2.24, 2.45) is 0 Å². The van der Waals surface area contributed by atoms with Crippen molar-refractivity contribution >= 4 is 0 Å². The number of hydrogen-bond acceptors (Lipinski definition) is 5. The third-order valence-corrected chi connectivity index (χ3v) is 6.22. The number of hydrogen-bond donors (Lipinski definition) is 3. The van der Waals surface area contributed by atoms with E-state index in [1.807, 2.05) is 0 Å². The van der Waals surface area contributed by atoms with Crippen molar-refractivity contribution in [3.05, 3.63) is 12.2 Å². The Labute approximate surface area is 191 Å². The fourth-order valence-corrected chi connectivity index (χ4v) is 4.14. The Morgan fingerprint density at radius 2 is 1.35 bits per heavy atom. The predicted molar refractivity (Wildman–Crippen MR) is 127 cm³/mol. The molecule has 3 N–H and O–H groups in total. The summed E-state index contributed by atoms with van der Waals surface area (Å²) < 4.78 is 11.0. The van der Waals surface area contributed by atoms with Gasteiger partial charge in [0.2, 0.25) is 0 Å². The summed E-state index contributed by atoms with van der Waals surface area (Å²) in [6.07, 6.45) is 22.4. The largest absolute Gasteiger partial charge is 0.394 e. The number of aliphatic hydroxyl groups excluding tert-OH is 3. The van der Waals surface area contributed by atoms with Gasteiger partial charge < -0.3 is 24.8 Å². The van der Waals surface area contributed by atoms with Crippen LogP contribution in [0.3, 0.4) is 0 Å². The molecule has 0 aromatic rings. The van der Waals surface area contributed by atoms with Crippen molar-refractivity contribution in [3.8, 4) is 0 Å². The monoisotopic (exact) mass is 442 g/mol. The molecule has 0 aromatic heterocycles. The second kappa shape index (κ2) is 20.2. The highest BCUT2D eigenvalue weighted by molar-refractivity contribution is 4.88. The van der Waals surface area contributed by atoms with Gasteiger partial charge in [0.15, 0.2) is 0 Å². The molecule has 1 aliphatic rings.